The van der Waals surface area contributed by atoms with Gasteiger partial charge >= 0.3 is 17.1 Å². The summed E-state index contributed by atoms with van der Waals surface area (Å²) in [6, 6.07) is 0. The summed E-state index contributed by atoms with van der Waals surface area (Å²) in [6.07, 6.45) is 7.06. The molecule has 6 nitrogen and oxygen atoms in total. The lowest BCUT2D eigenvalue weighted by molar-refractivity contribution is 0.0377. The van der Waals surface area contributed by atoms with Gasteiger partial charge in [0.05, 0.1) is 0 Å². The largest absolute Gasteiger partial charge is 0.336 e. The lowest BCUT2D eigenvalue weighted by Crippen LogP contribution is -2.58. The van der Waals surface area contributed by atoms with Crippen molar-refractivity contribution in [3.05, 3.63) is 31.5 Å². The van der Waals surface area contributed by atoms with Gasteiger partial charge in [0, 0.05) is 19.6 Å². The molecule has 0 aliphatic heterocycles. The van der Waals surface area contributed by atoms with E-state index in [1.807, 2.05) is 0 Å². The first-order valence-corrected chi connectivity index (χ1v) is 15.5. The second-order valence-electron chi connectivity index (χ2n) is 17.7. The Morgan fingerprint density at radius 1 is 0.692 bits per heavy atom. The SMILES string of the molecule is CC(C)CC(C)(C)Cn1c(=O)n(CC2(C)CC(C)CC(C)(C)C2)c(=O)n(CC2(C)CC(C)CC(C)(C)C2)c1=O. The molecule has 0 saturated heterocycles. The topological polar surface area (TPSA) is 66.0 Å². The maximum absolute atomic E-state index is 14.1. The summed E-state index contributed by atoms with van der Waals surface area (Å²) >= 11 is 0. The monoisotopic (exact) mass is 545 g/mol. The van der Waals surface area contributed by atoms with E-state index in [0.717, 1.165) is 44.9 Å². The maximum atomic E-state index is 14.1. The van der Waals surface area contributed by atoms with Crippen LogP contribution in [0.1, 0.15) is 128 Å². The molecule has 0 radical (unpaired) electrons. The van der Waals surface area contributed by atoms with E-state index in [0.29, 0.717) is 37.4 Å². The van der Waals surface area contributed by atoms with E-state index in [1.54, 1.807) is 0 Å². The zero-order chi connectivity index (χ0) is 29.8. The maximum Gasteiger partial charge on any atom is 0.336 e. The first-order chi connectivity index (χ1) is 17.6. The van der Waals surface area contributed by atoms with E-state index in [-0.39, 0.29) is 27.1 Å². The summed E-state index contributed by atoms with van der Waals surface area (Å²) in [6.45, 7) is 27.8. The summed E-state index contributed by atoms with van der Waals surface area (Å²) in [5, 5.41) is 0. The molecule has 224 valence electrons. The zero-order valence-corrected chi connectivity index (χ0v) is 27.4. The Balaban J connectivity index is 2.17. The van der Waals surface area contributed by atoms with Crippen molar-refractivity contribution in [3.8, 4) is 0 Å². The molecule has 6 heteroatoms. The van der Waals surface area contributed by atoms with Crippen molar-refractivity contribution < 1.29 is 0 Å². The molecule has 39 heavy (non-hydrogen) atoms. The Bertz CT molecular complexity index is 1140. The zero-order valence-electron chi connectivity index (χ0n) is 27.4. The van der Waals surface area contributed by atoms with Crippen LogP contribution in [0.25, 0.3) is 0 Å². The van der Waals surface area contributed by atoms with Gasteiger partial charge in [0.15, 0.2) is 0 Å². The molecule has 0 spiro atoms. The van der Waals surface area contributed by atoms with Crippen LogP contribution in [0.4, 0.5) is 0 Å². The molecular weight excluding hydrogens is 486 g/mol. The van der Waals surface area contributed by atoms with Gasteiger partial charge in [0.1, 0.15) is 0 Å². The lowest BCUT2D eigenvalue weighted by atomic mass is 9.61. The van der Waals surface area contributed by atoms with E-state index in [1.165, 1.54) is 13.7 Å². The van der Waals surface area contributed by atoms with Crippen molar-refractivity contribution in [2.75, 3.05) is 0 Å². The van der Waals surface area contributed by atoms with Crippen LogP contribution in [0, 0.1) is 44.8 Å². The van der Waals surface area contributed by atoms with Crippen LogP contribution in [0.15, 0.2) is 14.4 Å². The first kappa shape index (κ1) is 31.9. The highest BCUT2D eigenvalue weighted by Crippen LogP contribution is 2.50. The Morgan fingerprint density at radius 3 is 1.38 bits per heavy atom. The highest BCUT2D eigenvalue weighted by atomic mass is 16.2. The van der Waals surface area contributed by atoms with Crippen molar-refractivity contribution in [2.45, 2.75) is 148 Å². The minimum Gasteiger partial charge on any atom is -0.247 e. The molecule has 1 aromatic rings. The van der Waals surface area contributed by atoms with Gasteiger partial charge in [-0.05, 0) is 89.8 Å². The molecule has 1 aromatic heterocycles. The van der Waals surface area contributed by atoms with Crippen LogP contribution in [0.2, 0.25) is 0 Å². The third kappa shape index (κ3) is 7.79. The molecule has 2 saturated carbocycles. The average Bonchev–Trinajstić information content (AvgIpc) is 2.67. The van der Waals surface area contributed by atoms with Crippen LogP contribution in [0.5, 0.6) is 0 Å². The van der Waals surface area contributed by atoms with Gasteiger partial charge in [-0.25, -0.2) is 28.1 Å². The Kier molecular flexibility index (Phi) is 8.74. The van der Waals surface area contributed by atoms with E-state index in [4.69, 9.17) is 0 Å². The molecule has 3 rings (SSSR count). The molecule has 0 aromatic carbocycles. The van der Waals surface area contributed by atoms with E-state index in [2.05, 4.69) is 83.1 Å². The molecule has 2 aliphatic rings. The average molecular weight is 546 g/mol. The molecule has 4 atom stereocenters. The summed E-state index contributed by atoms with van der Waals surface area (Å²) in [7, 11) is 0. The normalized spacial score (nSPS) is 31.0. The van der Waals surface area contributed by atoms with Gasteiger partial charge in [-0.2, -0.15) is 0 Å². The predicted molar refractivity (Wildman–Crippen MR) is 162 cm³/mol. The van der Waals surface area contributed by atoms with Crippen LogP contribution >= 0.6 is 0 Å². The third-order valence-electron chi connectivity index (χ3n) is 9.31. The molecule has 0 amide bonds. The smallest absolute Gasteiger partial charge is 0.247 e. The van der Waals surface area contributed by atoms with Crippen LogP contribution in [-0.4, -0.2) is 13.7 Å². The van der Waals surface area contributed by atoms with Crippen molar-refractivity contribution >= 4 is 0 Å². The Labute approximate surface area is 237 Å². The first-order valence-electron chi connectivity index (χ1n) is 15.5. The molecular formula is C33H59N3O3. The minimum atomic E-state index is -0.433. The number of rotatable bonds is 8. The third-order valence-corrected chi connectivity index (χ3v) is 9.31. The predicted octanol–water partition coefficient (Wildman–Crippen LogP) is 6.95. The van der Waals surface area contributed by atoms with E-state index in [9.17, 15) is 14.4 Å². The van der Waals surface area contributed by atoms with E-state index < -0.39 is 17.1 Å². The summed E-state index contributed by atoms with van der Waals surface area (Å²) in [5.41, 5.74) is -1.58. The quantitative estimate of drug-likeness (QED) is 0.355. The van der Waals surface area contributed by atoms with E-state index >= 15 is 0 Å². The summed E-state index contributed by atoms with van der Waals surface area (Å²) in [4.78, 5) is 42.2. The van der Waals surface area contributed by atoms with Crippen molar-refractivity contribution in [3.63, 3.8) is 0 Å². The molecule has 2 fully saturated rings. The highest BCUT2D eigenvalue weighted by molar-refractivity contribution is 4.95. The molecule has 2 aliphatic carbocycles. The highest BCUT2D eigenvalue weighted by Gasteiger charge is 2.43. The molecule has 4 unspecified atom stereocenters. The van der Waals surface area contributed by atoms with Gasteiger partial charge in [0.2, 0.25) is 0 Å². The van der Waals surface area contributed by atoms with Gasteiger partial charge in [-0.1, -0.05) is 83.1 Å². The molecule has 0 bridgehead atoms. The summed E-state index contributed by atoms with van der Waals surface area (Å²) < 4.78 is 4.26. The number of hydrogen-bond donors (Lipinski definition) is 0. The van der Waals surface area contributed by atoms with Crippen LogP contribution in [0.3, 0.4) is 0 Å². The fourth-order valence-electron chi connectivity index (χ4n) is 10.0. The van der Waals surface area contributed by atoms with Gasteiger partial charge in [-0.15, -0.1) is 0 Å². The number of hydrogen-bond acceptors (Lipinski definition) is 3. The Morgan fingerprint density at radius 2 is 1.05 bits per heavy atom. The number of aromatic nitrogens is 3. The van der Waals surface area contributed by atoms with Crippen molar-refractivity contribution in [1.29, 1.82) is 0 Å². The van der Waals surface area contributed by atoms with Crippen LogP contribution < -0.4 is 17.1 Å². The second-order valence-corrected chi connectivity index (χ2v) is 17.7. The van der Waals surface area contributed by atoms with Gasteiger partial charge in [0.25, 0.3) is 0 Å². The van der Waals surface area contributed by atoms with Crippen LogP contribution in [-0.2, 0) is 19.6 Å². The standard InChI is InChI=1S/C33H59N3O3/c1-23(2)13-31(9,10)20-34-26(37)35(21-32(11)16-24(3)14-29(5,6)18-32)28(39)36(27(34)38)22-33(12)17-25(4)15-30(7,8)19-33/h23-25H,13-22H2,1-12H3. The molecule has 1 heterocycles. The summed E-state index contributed by atoms with van der Waals surface area (Å²) in [5.74, 6) is 1.49. The Hall–Kier alpha value is -1.59. The number of nitrogens with zero attached hydrogens (tertiary/aromatic N) is 3. The van der Waals surface area contributed by atoms with Gasteiger partial charge in [-0.3, -0.25) is 0 Å². The lowest BCUT2D eigenvalue weighted by Gasteiger charge is -2.46. The van der Waals surface area contributed by atoms with Crippen molar-refractivity contribution in [1.82, 2.24) is 13.7 Å². The fraction of sp³-hybridized carbons (Fsp3) is 0.909. The van der Waals surface area contributed by atoms with Crippen molar-refractivity contribution in [2.24, 2.45) is 44.8 Å². The van der Waals surface area contributed by atoms with Gasteiger partial charge < -0.3 is 0 Å². The molecule has 0 N–H and O–H groups in total. The minimum absolute atomic E-state index is 0.153. The second kappa shape index (κ2) is 10.7. The fourth-order valence-corrected chi connectivity index (χ4v) is 10.0.